The van der Waals surface area contributed by atoms with Gasteiger partial charge in [-0.25, -0.2) is 14.8 Å². The number of carbonyl (C=O) groups excluding carboxylic acids is 1. The number of nitrogens with zero attached hydrogens (tertiary/aromatic N) is 7. The number of rotatable bonds is 18. The van der Waals surface area contributed by atoms with Crippen molar-refractivity contribution in [1.29, 1.82) is 0 Å². The number of amides is 1. The summed E-state index contributed by atoms with van der Waals surface area (Å²) in [5.41, 5.74) is 9.87. The topological polar surface area (TPSA) is 162 Å². The first-order valence-electron chi connectivity index (χ1n) is 19.4. The van der Waals surface area contributed by atoms with Gasteiger partial charge in [0.05, 0.1) is 0 Å². The Kier molecular flexibility index (Phi) is 15.7. The fraction of sp³-hybridized carbons (Fsp3) is 0.757. The maximum atomic E-state index is 12.5. The van der Waals surface area contributed by atoms with Crippen LogP contribution in [0, 0.1) is 13.8 Å². The van der Waals surface area contributed by atoms with Crippen LogP contribution >= 0.6 is 0 Å². The van der Waals surface area contributed by atoms with Crippen molar-refractivity contribution >= 4 is 29.6 Å². The highest BCUT2D eigenvalue weighted by Gasteiger charge is 2.26. The van der Waals surface area contributed by atoms with Crippen LogP contribution in [-0.2, 0) is 17.6 Å². The second kappa shape index (κ2) is 19.9. The van der Waals surface area contributed by atoms with Gasteiger partial charge in [0, 0.05) is 81.4 Å². The average molecular weight is 711 g/mol. The van der Waals surface area contributed by atoms with Crippen molar-refractivity contribution in [3.8, 4) is 0 Å². The van der Waals surface area contributed by atoms with Gasteiger partial charge in [0.1, 0.15) is 23.4 Å². The molecule has 0 bridgehead atoms. The summed E-state index contributed by atoms with van der Waals surface area (Å²) in [5, 5.41) is 14.3. The number of piperazine rings is 2. The van der Waals surface area contributed by atoms with Crippen LogP contribution in [0.1, 0.15) is 95.7 Å². The third-order valence-corrected chi connectivity index (χ3v) is 9.50. The largest absolute Gasteiger partial charge is 0.444 e. The van der Waals surface area contributed by atoms with Crippen LogP contribution in [0.25, 0.3) is 0 Å². The van der Waals surface area contributed by atoms with Gasteiger partial charge >= 0.3 is 6.09 Å². The van der Waals surface area contributed by atoms with E-state index in [1.54, 1.807) is 4.90 Å². The lowest BCUT2D eigenvalue weighted by atomic mass is 10.1. The van der Waals surface area contributed by atoms with E-state index in [0.29, 0.717) is 19.0 Å². The molecule has 14 nitrogen and oxygen atoms in total. The molecule has 0 spiro atoms. The van der Waals surface area contributed by atoms with E-state index in [0.717, 1.165) is 139 Å². The number of aromatic nitrogens is 4. The fourth-order valence-corrected chi connectivity index (χ4v) is 6.69. The van der Waals surface area contributed by atoms with Crippen LogP contribution in [0.5, 0.6) is 0 Å². The summed E-state index contributed by atoms with van der Waals surface area (Å²) >= 11 is 0. The number of nitrogens with two attached hydrogens (primary N) is 1. The minimum atomic E-state index is -0.486. The summed E-state index contributed by atoms with van der Waals surface area (Å²) in [6.45, 7) is 24.4. The summed E-state index contributed by atoms with van der Waals surface area (Å²) < 4.78 is 5.56. The maximum absolute atomic E-state index is 12.5. The number of hydrogen-bond donors (Lipinski definition) is 5. The first-order valence-corrected chi connectivity index (χ1v) is 19.4. The first kappa shape index (κ1) is 40.3. The SMILES string of the molecule is CCCCNc1nc(NC(CCC)Nc2nc(N)nc(C)c2CCCN2CCN(C(=O)OC(C)(C)C)CC2)nc(C)c1CCCN1CCNCC1. The second-order valence-corrected chi connectivity index (χ2v) is 15.0. The maximum Gasteiger partial charge on any atom is 0.410 e. The van der Waals surface area contributed by atoms with Gasteiger partial charge in [0.15, 0.2) is 0 Å². The molecule has 2 aliphatic heterocycles. The summed E-state index contributed by atoms with van der Waals surface area (Å²) in [7, 11) is 0. The van der Waals surface area contributed by atoms with E-state index >= 15 is 0 Å². The van der Waals surface area contributed by atoms with E-state index in [-0.39, 0.29) is 18.2 Å². The predicted octanol–water partition coefficient (Wildman–Crippen LogP) is 4.65. The van der Waals surface area contributed by atoms with E-state index in [9.17, 15) is 4.79 Å². The molecule has 4 rings (SSSR count). The first-order chi connectivity index (χ1) is 24.5. The van der Waals surface area contributed by atoms with Gasteiger partial charge in [-0.1, -0.05) is 26.7 Å². The standard InChI is InChI=1S/C37H66N12O2/c1-8-10-16-40-32-29(14-11-19-47-21-17-39-18-22-47)28(4)42-35(46-32)44-31(13-9-2)43-33-30(27(3)41-34(38)45-33)15-12-20-48-23-25-49(26-24-48)36(50)51-37(5,6)7/h31,39H,8-26H2,1-7H3,(H3,38,41,43,45)(H2,40,42,44,46). The van der Waals surface area contributed by atoms with Crippen molar-refractivity contribution in [2.45, 2.75) is 112 Å². The van der Waals surface area contributed by atoms with Crippen LogP contribution in [0.3, 0.4) is 0 Å². The van der Waals surface area contributed by atoms with Crippen molar-refractivity contribution in [1.82, 2.24) is 40.0 Å². The Balaban J connectivity index is 1.40. The van der Waals surface area contributed by atoms with Crippen molar-refractivity contribution < 1.29 is 9.53 Å². The van der Waals surface area contributed by atoms with Crippen LogP contribution in [0.2, 0.25) is 0 Å². The molecule has 2 aromatic rings. The quantitative estimate of drug-likeness (QED) is 0.108. The van der Waals surface area contributed by atoms with E-state index in [1.807, 2.05) is 27.7 Å². The van der Waals surface area contributed by atoms with Crippen LogP contribution < -0.4 is 27.0 Å². The Morgan fingerprint density at radius 2 is 1.45 bits per heavy atom. The Morgan fingerprint density at radius 1 is 0.824 bits per heavy atom. The molecule has 286 valence electrons. The predicted molar refractivity (Wildman–Crippen MR) is 207 cm³/mol. The zero-order valence-corrected chi connectivity index (χ0v) is 32.5. The average Bonchev–Trinajstić information content (AvgIpc) is 3.07. The van der Waals surface area contributed by atoms with Crippen LogP contribution in [0.15, 0.2) is 0 Å². The Morgan fingerprint density at radius 3 is 2.08 bits per heavy atom. The number of aryl methyl sites for hydroxylation is 2. The molecule has 14 heteroatoms. The molecule has 0 aromatic carbocycles. The van der Waals surface area contributed by atoms with Crippen molar-refractivity contribution in [3.05, 3.63) is 22.5 Å². The minimum Gasteiger partial charge on any atom is -0.444 e. The van der Waals surface area contributed by atoms with E-state index < -0.39 is 5.60 Å². The number of unbranched alkanes of at least 4 members (excludes halogenated alkanes) is 1. The highest BCUT2D eigenvalue weighted by Crippen LogP contribution is 2.24. The third kappa shape index (κ3) is 13.2. The van der Waals surface area contributed by atoms with Gasteiger partial charge in [0.25, 0.3) is 0 Å². The molecule has 1 unspecified atom stereocenters. The lowest BCUT2D eigenvalue weighted by Gasteiger charge is -2.35. The van der Waals surface area contributed by atoms with Crippen molar-refractivity contribution in [3.63, 3.8) is 0 Å². The van der Waals surface area contributed by atoms with Gasteiger partial charge in [-0.2, -0.15) is 9.97 Å². The van der Waals surface area contributed by atoms with Crippen molar-refractivity contribution in [2.24, 2.45) is 0 Å². The summed E-state index contributed by atoms with van der Waals surface area (Å²) in [5.74, 6) is 2.55. The number of anilines is 4. The molecule has 0 radical (unpaired) electrons. The molecule has 2 aromatic heterocycles. The molecular weight excluding hydrogens is 644 g/mol. The fourth-order valence-electron chi connectivity index (χ4n) is 6.69. The zero-order chi connectivity index (χ0) is 36.8. The van der Waals surface area contributed by atoms with E-state index in [2.05, 4.69) is 61.8 Å². The number of ether oxygens (including phenoxy) is 1. The van der Waals surface area contributed by atoms with Gasteiger partial charge in [-0.05, 0) is 86.2 Å². The second-order valence-electron chi connectivity index (χ2n) is 15.0. The normalized spacial score (nSPS) is 16.6. The van der Waals surface area contributed by atoms with Crippen LogP contribution in [0.4, 0.5) is 28.3 Å². The Bertz CT molecular complexity index is 1370. The minimum absolute atomic E-state index is 0.148. The Labute approximate surface area is 306 Å². The molecule has 4 heterocycles. The molecule has 51 heavy (non-hydrogen) atoms. The van der Waals surface area contributed by atoms with Gasteiger partial charge in [0.2, 0.25) is 11.9 Å². The van der Waals surface area contributed by atoms with Gasteiger partial charge in [-0.15, -0.1) is 0 Å². The molecule has 2 saturated heterocycles. The number of nitrogen functional groups attached to an aromatic ring is 1. The van der Waals surface area contributed by atoms with E-state index in [4.69, 9.17) is 20.4 Å². The third-order valence-electron chi connectivity index (χ3n) is 9.50. The number of nitrogens with one attached hydrogen (secondary N) is 4. The molecular formula is C37H66N12O2. The number of hydrogen-bond acceptors (Lipinski definition) is 13. The van der Waals surface area contributed by atoms with Gasteiger partial charge < -0.3 is 41.5 Å². The van der Waals surface area contributed by atoms with Crippen LogP contribution in [-0.4, -0.2) is 124 Å². The lowest BCUT2D eigenvalue weighted by Crippen LogP contribution is -2.50. The zero-order valence-electron chi connectivity index (χ0n) is 32.5. The molecule has 2 aliphatic rings. The summed E-state index contributed by atoms with van der Waals surface area (Å²) in [4.78, 5) is 38.4. The molecule has 6 N–H and O–H groups in total. The van der Waals surface area contributed by atoms with E-state index in [1.165, 1.54) is 5.56 Å². The Hall–Kier alpha value is -3.49. The molecule has 2 fully saturated rings. The summed E-state index contributed by atoms with van der Waals surface area (Å²) in [6, 6.07) is 0. The molecule has 1 amide bonds. The van der Waals surface area contributed by atoms with Crippen molar-refractivity contribution in [2.75, 3.05) is 93.7 Å². The highest BCUT2D eigenvalue weighted by molar-refractivity contribution is 5.68. The monoisotopic (exact) mass is 711 g/mol. The summed E-state index contributed by atoms with van der Waals surface area (Å²) in [6.07, 6.45) is 7.41. The highest BCUT2D eigenvalue weighted by atomic mass is 16.6. The molecule has 1 atom stereocenters. The number of carbonyl (C=O) groups is 1. The smallest absolute Gasteiger partial charge is 0.410 e. The molecule has 0 saturated carbocycles. The molecule has 0 aliphatic carbocycles. The lowest BCUT2D eigenvalue weighted by molar-refractivity contribution is 0.0144. The van der Waals surface area contributed by atoms with Gasteiger partial charge in [-0.3, -0.25) is 4.90 Å².